The smallest absolute Gasteiger partial charge is 0.407 e. The van der Waals surface area contributed by atoms with Crippen molar-refractivity contribution in [2.75, 3.05) is 0 Å². The van der Waals surface area contributed by atoms with E-state index in [4.69, 9.17) is 4.74 Å². The van der Waals surface area contributed by atoms with Crippen LogP contribution in [0.25, 0.3) is 11.1 Å². The summed E-state index contributed by atoms with van der Waals surface area (Å²) in [5, 5.41) is 21.7. The van der Waals surface area contributed by atoms with Crippen LogP contribution in [0.2, 0.25) is 0 Å². The first-order chi connectivity index (χ1) is 14.5. The van der Waals surface area contributed by atoms with Crippen molar-refractivity contribution in [2.24, 2.45) is 0 Å². The van der Waals surface area contributed by atoms with Crippen LogP contribution in [0.4, 0.5) is 4.79 Å². The van der Waals surface area contributed by atoms with Crippen LogP contribution in [0.5, 0.6) is 0 Å². The second kappa shape index (κ2) is 10.2. The number of nitrogens with one attached hydrogen (secondary N) is 1. The summed E-state index contributed by atoms with van der Waals surface area (Å²) in [6, 6.07) is 25.5. The summed E-state index contributed by atoms with van der Waals surface area (Å²) in [6.07, 6.45) is -2.41. The first-order valence-electron chi connectivity index (χ1n) is 9.55. The van der Waals surface area contributed by atoms with E-state index in [0.29, 0.717) is 0 Å². The molecular weight excluding hydrogens is 382 g/mol. The molecule has 2 unspecified atom stereocenters. The van der Waals surface area contributed by atoms with Gasteiger partial charge in [0.25, 0.3) is 0 Å². The second-order valence-electron chi connectivity index (χ2n) is 6.86. The van der Waals surface area contributed by atoms with Gasteiger partial charge in [0.2, 0.25) is 0 Å². The molecule has 0 bridgehead atoms. The van der Waals surface area contributed by atoms with E-state index in [1.165, 1.54) is 0 Å². The Morgan fingerprint density at radius 2 is 1.37 bits per heavy atom. The first kappa shape index (κ1) is 21.1. The number of aliphatic hydroxyl groups excluding tert-OH is 1. The molecule has 0 aliphatic carbocycles. The topological polar surface area (TPSA) is 95.9 Å². The molecule has 0 saturated heterocycles. The van der Waals surface area contributed by atoms with Gasteiger partial charge in [-0.1, -0.05) is 84.9 Å². The van der Waals surface area contributed by atoms with E-state index in [1.807, 2.05) is 84.9 Å². The summed E-state index contributed by atoms with van der Waals surface area (Å²) < 4.78 is 5.15. The van der Waals surface area contributed by atoms with Gasteiger partial charge in [-0.2, -0.15) is 0 Å². The van der Waals surface area contributed by atoms with E-state index < -0.39 is 24.2 Å². The summed E-state index contributed by atoms with van der Waals surface area (Å²) in [5.74, 6) is -1.41. The number of carbonyl (C=O) groups excluding carboxylic acids is 1. The molecule has 0 aliphatic heterocycles. The lowest BCUT2D eigenvalue weighted by molar-refractivity contribution is -0.148. The highest BCUT2D eigenvalue weighted by Crippen LogP contribution is 2.20. The van der Waals surface area contributed by atoms with Gasteiger partial charge >= 0.3 is 12.1 Å². The maximum Gasteiger partial charge on any atom is 0.407 e. The molecule has 0 fully saturated rings. The molecular formula is C24H23NO5. The summed E-state index contributed by atoms with van der Waals surface area (Å²) >= 11 is 0. The highest BCUT2D eigenvalue weighted by atomic mass is 16.5. The quantitative estimate of drug-likeness (QED) is 0.532. The Bertz CT molecular complexity index is 958. The molecule has 1 amide bonds. The maximum absolute atomic E-state index is 12.1. The third-order valence-corrected chi connectivity index (χ3v) is 4.67. The van der Waals surface area contributed by atoms with E-state index >= 15 is 0 Å². The predicted molar refractivity (Wildman–Crippen MR) is 113 cm³/mol. The minimum Gasteiger partial charge on any atom is -0.479 e. The molecule has 0 heterocycles. The lowest BCUT2D eigenvalue weighted by Gasteiger charge is -2.21. The van der Waals surface area contributed by atoms with E-state index in [2.05, 4.69) is 5.32 Å². The number of alkyl carbamates (subject to hydrolysis) is 1. The Kier molecular flexibility index (Phi) is 7.19. The van der Waals surface area contributed by atoms with Crippen LogP contribution in [0.1, 0.15) is 11.1 Å². The SMILES string of the molecule is O=C(NC(Cc1ccc(-c2ccccc2)cc1)C(O)C(=O)O)OCc1ccccc1. The number of rotatable bonds is 8. The van der Waals surface area contributed by atoms with Gasteiger partial charge in [0.1, 0.15) is 6.61 Å². The van der Waals surface area contributed by atoms with Crippen molar-refractivity contribution >= 4 is 12.1 Å². The number of amides is 1. The fraction of sp³-hybridized carbons (Fsp3) is 0.167. The predicted octanol–water partition coefficient (Wildman–Crippen LogP) is 3.64. The van der Waals surface area contributed by atoms with Crippen LogP contribution in [0.3, 0.4) is 0 Å². The second-order valence-corrected chi connectivity index (χ2v) is 6.86. The third kappa shape index (κ3) is 5.93. The van der Waals surface area contributed by atoms with Crippen molar-refractivity contribution in [3.8, 4) is 11.1 Å². The number of carboxylic acid groups (broad SMARTS) is 1. The van der Waals surface area contributed by atoms with E-state index in [0.717, 1.165) is 22.3 Å². The van der Waals surface area contributed by atoms with Gasteiger partial charge in [0, 0.05) is 0 Å². The first-order valence-corrected chi connectivity index (χ1v) is 9.55. The Morgan fingerprint density at radius 1 is 0.800 bits per heavy atom. The Hall–Kier alpha value is -3.64. The monoisotopic (exact) mass is 405 g/mol. The van der Waals surface area contributed by atoms with Gasteiger partial charge in [0.15, 0.2) is 6.10 Å². The number of carbonyl (C=O) groups is 2. The van der Waals surface area contributed by atoms with Crippen molar-refractivity contribution in [3.63, 3.8) is 0 Å². The van der Waals surface area contributed by atoms with Crippen LogP contribution in [-0.4, -0.2) is 34.4 Å². The molecule has 0 radical (unpaired) electrons. The molecule has 30 heavy (non-hydrogen) atoms. The van der Waals surface area contributed by atoms with Gasteiger partial charge in [-0.15, -0.1) is 0 Å². The number of aliphatic hydroxyl groups is 1. The molecule has 2 atom stereocenters. The maximum atomic E-state index is 12.1. The Labute approximate surface area is 174 Å². The Balaban J connectivity index is 1.64. The summed E-state index contributed by atoms with van der Waals surface area (Å²) in [4.78, 5) is 23.4. The zero-order valence-corrected chi connectivity index (χ0v) is 16.3. The van der Waals surface area contributed by atoms with Crippen molar-refractivity contribution < 1.29 is 24.5 Å². The molecule has 6 heteroatoms. The fourth-order valence-electron chi connectivity index (χ4n) is 3.05. The number of benzene rings is 3. The van der Waals surface area contributed by atoms with Crippen LogP contribution >= 0.6 is 0 Å². The minimum absolute atomic E-state index is 0.0499. The molecule has 0 spiro atoms. The minimum atomic E-state index is -1.76. The van der Waals surface area contributed by atoms with Crippen molar-refractivity contribution in [2.45, 2.75) is 25.2 Å². The molecule has 3 N–H and O–H groups in total. The molecule has 6 nitrogen and oxygen atoms in total. The normalized spacial score (nSPS) is 12.6. The van der Waals surface area contributed by atoms with Gasteiger partial charge in [0.05, 0.1) is 6.04 Å². The number of hydrogen-bond donors (Lipinski definition) is 3. The molecule has 0 saturated carbocycles. The summed E-state index contributed by atoms with van der Waals surface area (Å²) in [7, 11) is 0. The average molecular weight is 405 g/mol. The van der Waals surface area contributed by atoms with Crippen LogP contribution in [0, 0.1) is 0 Å². The molecule has 0 aromatic heterocycles. The highest BCUT2D eigenvalue weighted by Gasteiger charge is 2.28. The van der Waals surface area contributed by atoms with Crippen molar-refractivity contribution in [1.29, 1.82) is 0 Å². The molecule has 154 valence electrons. The molecule has 3 aromatic carbocycles. The highest BCUT2D eigenvalue weighted by molar-refractivity contribution is 5.75. The van der Waals surface area contributed by atoms with Gasteiger partial charge < -0.3 is 20.3 Å². The number of aliphatic carboxylic acids is 1. The fourth-order valence-corrected chi connectivity index (χ4v) is 3.05. The summed E-state index contributed by atoms with van der Waals surface area (Å²) in [6.45, 7) is 0.0499. The van der Waals surface area contributed by atoms with Crippen LogP contribution < -0.4 is 5.32 Å². The summed E-state index contributed by atoms with van der Waals surface area (Å²) in [5.41, 5.74) is 3.67. The van der Waals surface area contributed by atoms with Crippen molar-refractivity contribution in [3.05, 3.63) is 96.1 Å². The number of hydrogen-bond acceptors (Lipinski definition) is 4. The van der Waals surface area contributed by atoms with E-state index in [9.17, 15) is 19.8 Å². The average Bonchev–Trinajstić information content (AvgIpc) is 2.78. The number of ether oxygens (including phenoxy) is 1. The standard InChI is InChI=1S/C24H23NO5/c26-22(23(27)28)21(25-24(29)30-16-18-7-3-1-4-8-18)15-17-11-13-20(14-12-17)19-9-5-2-6-10-19/h1-14,21-22,26H,15-16H2,(H,25,29)(H,27,28). The molecule has 3 rings (SSSR count). The molecule has 0 aliphatic rings. The zero-order valence-electron chi connectivity index (χ0n) is 16.3. The van der Waals surface area contributed by atoms with E-state index in [1.54, 1.807) is 0 Å². The van der Waals surface area contributed by atoms with Crippen LogP contribution in [0.15, 0.2) is 84.9 Å². The lowest BCUT2D eigenvalue weighted by atomic mass is 9.98. The largest absolute Gasteiger partial charge is 0.479 e. The van der Waals surface area contributed by atoms with Crippen molar-refractivity contribution in [1.82, 2.24) is 5.32 Å². The third-order valence-electron chi connectivity index (χ3n) is 4.67. The van der Waals surface area contributed by atoms with Gasteiger partial charge in [-0.25, -0.2) is 9.59 Å². The lowest BCUT2D eigenvalue weighted by Crippen LogP contribution is -2.48. The number of carboxylic acids is 1. The van der Waals surface area contributed by atoms with Gasteiger partial charge in [-0.05, 0) is 28.7 Å². The zero-order chi connectivity index (χ0) is 21.3. The van der Waals surface area contributed by atoms with Crippen LogP contribution in [-0.2, 0) is 22.6 Å². The molecule has 3 aromatic rings. The van der Waals surface area contributed by atoms with E-state index in [-0.39, 0.29) is 13.0 Å². The van der Waals surface area contributed by atoms with Gasteiger partial charge in [-0.3, -0.25) is 0 Å². The Morgan fingerprint density at radius 3 is 1.97 bits per heavy atom.